The average Bonchev–Trinajstić information content (AvgIpc) is 2.76. The summed E-state index contributed by atoms with van der Waals surface area (Å²) in [6, 6.07) is 3.94. The lowest BCUT2D eigenvalue weighted by Gasteiger charge is -2.71. The number of alkyl halides is 1. The van der Waals surface area contributed by atoms with Gasteiger partial charge in [0.2, 0.25) is 0 Å². The quantitative estimate of drug-likeness (QED) is 0.405. The first-order chi connectivity index (χ1) is 16.6. The molecule has 1 N–H and O–H groups in total. The molecule has 0 saturated carbocycles. The Morgan fingerprint density at radius 2 is 1.62 bits per heavy atom. The zero-order valence-electron chi connectivity index (χ0n) is 24.0. The smallest absolute Gasteiger partial charge is 0.252 e. The average molecular weight is 513 g/mol. The number of hydrogen-bond acceptors (Lipinski definition) is 4. The zero-order valence-corrected chi connectivity index (χ0v) is 24.7. The fourth-order valence-electron chi connectivity index (χ4n) is 6.68. The summed E-state index contributed by atoms with van der Waals surface area (Å²) in [6.07, 6.45) is 3.51. The van der Waals surface area contributed by atoms with Crippen LogP contribution in [0.25, 0.3) is 0 Å². The summed E-state index contributed by atoms with van der Waals surface area (Å²) in [6.45, 7) is 2.08. The number of rotatable bonds is 5. The molecule has 1 aliphatic heterocycles. The number of carbonyl (C=O) groups is 1. The van der Waals surface area contributed by atoms with Gasteiger partial charge in [-0.15, -0.1) is 0 Å². The van der Waals surface area contributed by atoms with Gasteiger partial charge in [0.15, 0.2) is 0 Å². The number of carbonyl (C=O) groups excluding carboxylic acids is 1. The Labute approximate surface area is 233 Å². The van der Waals surface area contributed by atoms with E-state index in [2.05, 4.69) is 15.3 Å². The Balaban J connectivity index is 2.08. The molecule has 0 spiro atoms. The van der Waals surface area contributed by atoms with Gasteiger partial charge in [-0.05, 0) is 51.8 Å². The van der Waals surface area contributed by atoms with E-state index in [0.717, 1.165) is 5.56 Å². The summed E-state index contributed by atoms with van der Waals surface area (Å²) in [4.78, 5) is 24.5. The van der Waals surface area contributed by atoms with Crippen LogP contribution in [0, 0.1) is 12.7 Å². The van der Waals surface area contributed by atoms with Gasteiger partial charge in [0.05, 0.1) is 10.7 Å². The largest absolute Gasteiger partial charge is 0.350 e. The van der Waals surface area contributed by atoms with E-state index in [1.807, 2.05) is 85.4 Å². The Hall–Kier alpha value is -1.47. The minimum Gasteiger partial charge on any atom is -0.350 e. The number of amides is 1. The normalized spacial score (nSPS) is 22.9. The number of likely N-dealkylation sites (tertiary alicyclic amines) is 1. The monoisotopic (exact) mass is 514 g/mol. The Bertz CT molecular complexity index is 1220. The Kier molecular flexibility index (Phi) is 7.58. The van der Waals surface area contributed by atoms with Gasteiger partial charge in [-0.2, -0.15) is 0 Å². The molecular weight excluding hydrogens is 482 g/mol. The maximum absolute atomic E-state index is 18.2. The molecule has 1 amide bonds. The zero-order chi connectivity index (χ0) is 28.4. The van der Waals surface area contributed by atoms with Crippen molar-refractivity contribution in [2.45, 2.75) is 39.0 Å². The number of aromatic nitrogens is 2. The van der Waals surface area contributed by atoms with Gasteiger partial charge in [0.1, 0.15) is 90.1 Å². The van der Waals surface area contributed by atoms with Crippen molar-refractivity contribution < 1.29 is 13.6 Å². The van der Waals surface area contributed by atoms with Crippen molar-refractivity contribution in [2.75, 3.05) is 6.54 Å². The molecule has 37 heavy (non-hydrogen) atoms. The molecule has 1 atom stereocenters. The SMILES string of the molecule is BC(B)(NC(B)(B)C1(F)C(B)(B)CN(C(=O)c2ccc(F)c(Cl)c2)C(B)(B)C1(B)B)c1ncc(C)cn1. The molecule has 5 nitrogen and oxygen atoms in total. The fraction of sp³-hybridized carbons (Fsp3) is 0.421. The standard InChI is InChI=1S/C19H31B10ClF2N4O/c1-8-5-33-13(34-6-8)15(22,23)35-18(26,27)16(32)14(20,21)7-36(19(28,29)17(16,24)25)12(37)9-2-3-11(31)10(30)4-9/h2-6,35H,7,20-29H2,1H3. The van der Waals surface area contributed by atoms with Crippen molar-refractivity contribution in [3.8, 4) is 0 Å². The molecule has 18 heteroatoms. The predicted molar refractivity (Wildman–Crippen MR) is 174 cm³/mol. The highest BCUT2D eigenvalue weighted by Gasteiger charge is 2.71. The molecule has 1 unspecified atom stereocenters. The molecule has 1 aromatic heterocycles. The van der Waals surface area contributed by atoms with Gasteiger partial charge in [-0.1, -0.05) is 11.6 Å². The highest BCUT2D eigenvalue weighted by molar-refractivity contribution is 6.59. The molecule has 2 aromatic rings. The molecule has 1 fully saturated rings. The van der Waals surface area contributed by atoms with Crippen LogP contribution in [0.15, 0.2) is 30.6 Å². The van der Waals surface area contributed by atoms with Gasteiger partial charge in [0, 0.05) is 29.8 Å². The summed E-state index contributed by atoms with van der Waals surface area (Å²) in [5, 5.41) is -1.30. The number of piperidine rings is 1. The summed E-state index contributed by atoms with van der Waals surface area (Å²) in [5.41, 5.74) is -0.591. The second-order valence-electron chi connectivity index (χ2n) is 13.2. The number of hydrogen-bond donors (Lipinski definition) is 1. The first-order valence-electron chi connectivity index (χ1n) is 12.7. The van der Waals surface area contributed by atoms with Gasteiger partial charge >= 0.3 is 0 Å². The lowest BCUT2D eigenvalue weighted by Crippen LogP contribution is -2.84. The summed E-state index contributed by atoms with van der Waals surface area (Å²) >= 11 is 5.98. The van der Waals surface area contributed by atoms with E-state index in [0.29, 0.717) is 5.82 Å². The van der Waals surface area contributed by atoms with E-state index in [1.165, 1.54) is 18.2 Å². The molecule has 2 heterocycles. The Morgan fingerprint density at radius 1 is 1.08 bits per heavy atom. The molecule has 0 bridgehead atoms. The minimum absolute atomic E-state index is 0.120. The second-order valence-corrected chi connectivity index (χ2v) is 13.6. The van der Waals surface area contributed by atoms with E-state index in [9.17, 15) is 9.18 Å². The van der Waals surface area contributed by atoms with E-state index in [-0.39, 0.29) is 23.0 Å². The van der Waals surface area contributed by atoms with Gasteiger partial charge in [-0.25, -0.2) is 18.7 Å². The summed E-state index contributed by atoms with van der Waals surface area (Å²) in [7, 11) is 18.9. The predicted octanol–water partition coefficient (Wildman–Crippen LogP) is -6.99. The number of nitrogens with zero attached hydrogens (tertiary/aromatic N) is 3. The second kappa shape index (κ2) is 9.32. The highest BCUT2D eigenvalue weighted by atomic mass is 35.5. The van der Waals surface area contributed by atoms with Crippen LogP contribution in [0.5, 0.6) is 0 Å². The Morgan fingerprint density at radius 3 is 2.14 bits per heavy atom. The van der Waals surface area contributed by atoms with Crippen molar-refractivity contribution in [3.63, 3.8) is 0 Å². The van der Waals surface area contributed by atoms with Crippen LogP contribution in [-0.2, 0) is 5.34 Å². The number of halogens is 3. The molecule has 1 saturated heterocycles. The number of nitrogens with one attached hydrogen (secondary N) is 1. The third-order valence-corrected chi connectivity index (χ3v) is 9.08. The number of aryl methyl sites for hydroxylation is 1. The van der Waals surface area contributed by atoms with Gasteiger partial charge < -0.3 is 10.2 Å². The molecule has 0 radical (unpaired) electrons. The lowest BCUT2D eigenvalue weighted by atomic mass is 9.17. The van der Waals surface area contributed by atoms with Crippen molar-refractivity contribution in [1.29, 1.82) is 0 Å². The first-order valence-corrected chi connectivity index (χ1v) is 13.0. The van der Waals surface area contributed by atoms with Crippen LogP contribution in [0.2, 0.25) is 15.5 Å². The maximum atomic E-state index is 18.2. The first kappa shape index (κ1) is 30.1. The van der Waals surface area contributed by atoms with E-state index in [4.69, 9.17) is 11.6 Å². The molecular formula is C19H31B10ClF2N4O. The van der Waals surface area contributed by atoms with Crippen LogP contribution >= 0.6 is 11.6 Å². The number of benzene rings is 1. The van der Waals surface area contributed by atoms with Crippen LogP contribution in [0.4, 0.5) is 8.78 Å². The molecule has 184 valence electrons. The van der Waals surface area contributed by atoms with E-state index >= 15 is 4.39 Å². The van der Waals surface area contributed by atoms with Crippen LogP contribution in [0.1, 0.15) is 21.7 Å². The van der Waals surface area contributed by atoms with Crippen molar-refractivity contribution in [1.82, 2.24) is 20.2 Å². The summed E-state index contributed by atoms with van der Waals surface area (Å²) in [5.74, 6) is -0.327. The third-order valence-electron chi connectivity index (χ3n) is 8.79. The highest BCUT2D eigenvalue weighted by Crippen LogP contribution is 2.63. The van der Waals surface area contributed by atoms with E-state index < -0.39 is 37.9 Å². The summed E-state index contributed by atoms with van der Waals surface area (Å²) < 4.78 is 31.9. The van der Waals surface area contributed by atoms with Crippen molar-refractivity contribution in [2.24, 2.45) is 0 Å². The third kappa shape index (κ3) is 4.66. The van der Waals surface area contributed by atoms with Gasteiger partial charge in [-0.3, -0.25) is 4.79 Å². The van der Waals surface area contributed by atoms with Crippen LogP contribution < -0.4 is 5.32 Å². The van der Waals surface area contributed by atoms with Crippen LogP contribution in [-0.4, -0.2) is 122 Å². The van der Waals surface area contributed by atoms with Crippen molar-refractivity contribution in [3.05, 3.63) is 58.4 Å². The van der Waals surface area contributed by atoms with Crippen LogP contribution in [0.3, 0.4) is 0 Å². The topological polar surface area (TPSA) is 58.1 Å². The van der Waals surface area contributed by atoms with Gasteiger partial charge in [0.25, 0.3) is 5.91 Å². The maximum Gasteiger partial charge on any atom is 0.252 e. The minimum atomic E-state index is -1.81. The molecule has 0 aliphatic carbocycles. The molecule has 1 aromatic carbocycles. The fourth-order valence-corrected chi connectivity index (χ4v) is 6.86. The van der Waals surface area contributed by atoms with E-state index in [1.54, 1.807) is 17.3 Å². The lowest BCUT2D eigenvalue weighted by molar-refractivity contribution is -0.0149. The van der Waals surface area contributed by atoms with Crippen molar-refractivity contribution >= 4 is 96.0 Å². The molecule has 3 rings (SSSR count). The molecule has 1 aliphatic rings.